The highest BCUT2D eigenvalue weighted by Crippen LogP contribution is 1.91. The van der Waals surface area contributed by atoms with Gasteiger partial charge in [-0.15, -0.1) is 0 Å². The van der Waals surface area contributed by atoms with Crippen LogP contribution in [0.4, 0.5) is 0 Å². The van der Waals surface area contributed by atoms with Gasteiger partial charge in [-0.2, -0.15) is 0 Å². The van der Waals surface area contributed by atoms with Crippen molar-refractivity contribution in [3.8, 4) is 0 Å². The molecule has 0 atom stereocenters. The molecule has 68 valence electrons. The predicted octanol–water partition coefficient (Wildman–Crippen LogP) is 2.13. The molecule has 3 heteroatoms. The van der Waals surface area contributed by atoms with E-state index in [4.69, 9.17) is 4.74 Å². The van der Waals surface area contributed by atoms with Gasteiger partial charge in [-0.1, -0.05) is 15.9 Å². The average Bonchev–Trinajstić information content (AvgIpc) is 1.96. The quantitative estimate of drug-likeness (QED) is 0.406. The molecule has 0 saturated carbocycles. The van der Waals surface area contributed by atoms with Crippen LogP contribution in [-0.2, 0) is 4.74 Å². The molecule has 1 N–H and O–H groups in total. The van der Waals surface area contributed by atoms with Crippen molar-refractivity contribution in [1.82, 2.24) is 5.32 Å². The van der Waals surface area contributed by atoms with Crippen molar-refractivity contribution in [3.63, 3.8) is 0 Å². The molecule has 0 aliphatic heterocycles. The van der Waals surface area contributed by atoms with Crippen LogP contribution in [-0.4, -0.2) is 24.7 Å². The van der Waals surface area contributed by atoms with Gasteiger partial charge in [0.2, 0.25) is 0 Å². The van der Waals surface area contributed by atoms with E-state index in [1.165, 1.54) is 12.8 Å². The molecule has 0 aliphatic rings. The number of halogens is 1. The number of rotatable bonds is 7. The molecule has 0 spiro atoms. The summed E-state index contributed by atoms with van der Waals surface area (Å²) >= 11 is 3.38. The Balaban J connectivity index is 2.80. The maximum absolute atomic E-state index is 5.30. The molecule has 2 nitrogen and oxygen atoms in total. The lowest BCUT2D eigenvalue weighted by Crippen LogP contribution is -2.21. The van der Waals surface area contributed by atoms with E-state index >= 15 is 0 Å². The summed E-state index contributed by atoms with van der Waals surface area (Å²) in [6, 6.07) is 0. The summed E-state index contributed by atoms with van der Waals surface area (Å²) in [5.74, 6) is 0. The second kappa shape index (κ2) is 8.50. The molecule has 0 aromatic carbocycles. The van der Waals surface area contributed by atoms with Gasteiger partial charge in [-0.25, -0.2) is 0 Å². The van der Waals surface area contributed by atoms with Crippen molar-refractivity contribution in [1.29, 1.82) is 0 Å². The molecule has 0 aromatic rings. The third-order valence-electron chi connectivity index (χ3n) is 1.26. The first-order chi connectivity index (χ1) is 5.27. The Kier molecular flexibility index (Phi) is 8.81. The average molecular weight is 224 g/mol. The van der Waals surface area contributed by atoms with Gasteiger partial charge in [0, 0.05) is 5.33 Å². The van der Waals surface area contributed by atoms with Gasteiger partial charge < -0.3 is 4.74 Å². The third kappa shape index (κ3) is 10.4. The topological polar surface area (TPSA) is 21.3 Å². The fourth-order valence-electron chi connectivity index (χ4n) is 0.642. The number of ether oxygens (including phenoxy) is 1. The fraction of sp³-hybridized carbons (Fsp3) is 1.00. The molecule has 0 unspecified atom stereocenters. The van der Waals surface area contributed by atoms with Gasteiger partial charge in [-0.3, -0.25) is 5.32 Å². The van der Waals surface area contributed by atoms with E-state index in [0.29, 0.717) is 12.8 Å². The van der Waals surface area contributed by atoms with E-state index in [0.717, 1.165) is 11.9 Å². The Bertz CT molecular complexity index is 78.5. The lowest BCUT2D eigenvalue weighted by molar-refractivity contribution is 0.0646. The van der Waals surface area contributed by atoms with Crippen molar-refractivity contribution in [2.45, 2.75) is 32.8 Å². The minimum Gasteiger partial charge on any atom is -0.364 e. The number of nitrogens with one attached hydrogen (secondary N) is 1. The summed E-state index contributed by atoms with van der Waals surface area (Å²) in [6.45, 7) is 5.82. The zero-order valence-corrected chi connectivity index (χ0v) is 8.99. The molecule has 0 aliphatic carbocycles. The van der Waals surface area contributed by atoms with Crippen LogP contribution in [0.1, 0.15) is 26.7 Å². The summed E-state index contributed by atoms with van der Waals surface area (Å²) in [6.07, 6.45) is 2.78. The normalized spacial score (nSPS) is 10.9. The Morgan fingerprint density at radius 3 is 2.64 bits per heavy atom. The molecule has 0 radical (unpaired) electrons. The molecule has 0 saturated heterocycles. The summed E-state index contributed by atoms with van der Waals surface area (Å²) in [7, 11) is 0. The lowest BCUT2D eigenvalue weighted by atomic mass is 10.3. The van der Waals surface area contributed by atoms with E-state index in [-0.39, 0.29) is 0 Å². The molecule has 0 bridgehead atoms. The molecule has 0 fully saturated rings. The van der Waals surface area contributed by atoms with E-state index < -0.39 is 0 Å². The van der Waals surface area contributed by atoms with E-state index in [9.17, 15) is 0 Å². The lowest BCUT2D eigenvalue weighted by Gasteiger charge is -2.07. The number of hydrogen-bond acceptors (Lipinski definition) is 2. The van der Waals surface area contributed by atoms with Crippen LogP contribution < -0.4 is 5.32 Å². The largest absolute Gasteiger partial charge is 0.364 e. The standard InChI is InChI=1S/C8H18BrNO/c1-8(2)11-7-10-6-4-3-5-9/h8,10H,3-7H2,1-2H3. The number of alkyl halides is 1. The summed E-state index contributed by atoms with van der Waals surface area (Å²) < 4.78 is 5.30. The van der Waals surface area contributed by atoms with E-state index in [1.54, 1.807) is 0 Å². The Labute approximate surface area is 77.8 Å². The van der Waals surface area contributed by atoms with Crippen molar-refractivity contribution in [2.75, 3.05) is 18.6 Å². The van der Waals surface area contributed by atoms with E-state index in [2.05, 4.69) is 21.2 Å². The number of unbranched alkanes of at least 4 members (excludes halogenated alkanes) is 1. The monoisotopic (exact) mass is 223 g/mol. The van der Waals surface area contributed by atoms with Crippen molar-refractivity contribution < 1.29 is 4.74 Å². The summed E-state index contributed by atoms with van der Waals surface area (Å²) in [4.78, 5) is 0. The predicted molar refractivity (Wildman–Crippen MR) is 52.1 cm³/mol. The van der Waals surface area contributed by atoms with Crippen molar-refractivity contribution >= 4 is 15.9 Å². The van der Waals surface area contributed by atoms with Gasteiger partial charge in [0.25, 0.3) is 0 Å². The van der Waals surface area contributed by atoms with Gasteiger partial charge >= 0.3 is 0 Å². The van der Waals surface area contributed by atoms with Crippen LogP contribution in [0.5, 0.6) is 0 Å². The maximum atomic E-state index is 5.30. The molecule has 11 heavy (non-hydrogen) atoms. The Morgan fingerprint density at radius 1 is 1.36 bits per heavy atom. The Hall–Kier alpha value is 0.400. The van der Waals surface area contributed by atoms with Crippen LogP contribution in [0.2, 0.25) is 0 Å². The minimum absolute atomic E-state index is 0.332. The zero-order valence-electron chi connectivity index (χ0n) is 7.40. The SMILES string of the molecule is CC(C)OCNCCCCBr. The first kappa shape index (κ1) is 11.4. The number of hydrogen-bond donors (Lipinski definition) is 1. The summed E-state index contributed by atoms with van der Waals surface area (Å²) in [5, 5.41) is 4.31. The maximum Gasteiger partial charge on any atom is 0.0968 e. The van der Waals surface area contributed by atoms with Gasteiger partial charge in [-0.05, 0) is 33.2 Å². The van der Waals surface area contributed by atoms with Crippen molar-refractivity contribution in [3.05, 3.63) is 0 Å². The molecule has 0 heterocycles. The van der Waals surface area contributed by atoms with Gasteiger partial charge in [0.05, 0.1) is 12.8 Å². The second-order valence-electron chi connectivity index (χ2n) is 2.76. The van der Waals surface area contributed by atoms with Crippen LogP contribution in [0, 0.1) is 0 Å². The molecular formula is C8H18BrNO. The van der Waals surface area contributed by atoms with Gasteiger partial charge in [0.15, 0.2) is 0 Å². The molecule has 0 aromatic heterocycles. The van der Waals surface area contributed by atoms with Crippen LogP contribution in [0.3, 0.4) is 0 Å². The zero-order chi connectivity index (χ0) is 8.53. The van der Waals surface area contributed by atoms with E-state index in [1.807, 2.05) is 13.8 Å². The minimum atomic E-state index is 0.332. The van der Waals surface area contributed by atoms with Crippen LogP contribution in [0.15, 0.2) is 0 Å². The smallest absolute Gasteiger partial charge is 0.0968 e. The second-order valence-corrected chi connectivity index (χ2v) is 3.55. The van der Waals surface area contributed by atoms with Gasteiger partial charge in [0.1, 0.15) is 0 Å². The molecule has 0 rings (SSSR count). The highest BCUT2D eigenvalue weighted by Gasteiger charge is 1.91. The highest BCUT2D eigenvalue weighted by atomic mass is 79.9. The first-order valence-electron chi connectivity index (χ1n) is 4.15. The summed E-state index contributed by atoms with van der Waals surface area (Å²) in [5.41, 5.74) is 0. The highest BCUT2D eigenvalue weighted by molar-refractivity contribution is 9.09. The molecule has 0 amide bonds. The third-order valence-corrected chi connectivity index (χ3v) is 1.82. The van der Waals surface area contributed by atoms with Crippen LogP contribution in [0.25, 0.3) is 0 Å². The van der Waals surface area contributed by atoms with Crippen molar-refractivity contribution in [2.24, 2.45) is 0 Å². The molecular weight excluding hydrogens is 206 g/mol. The first-order valence-corrected chi connectivity index (χ1v) is 5.27. The van der Waals surface area contributed by atoms with Crippen LogP contribution >= 0.6 is 15.9 Å². The Morgan fingerprint density at radius 2 is 2.09 bits per heavy atom. The fourth-order valence-corrected chi connectivity index (χ4v) is 1.04.